The van der Waals surface area contributed by atoms with E-state index in [0.717, 1.165) is 11.3 Å². The predicted octanol–water partition coefficient (Wildman–Crippen LogP) is 3.21. The van der Waals surface area contributed by atoms with Gasteiger partial charge in [0.2, 0.25) is 0 Å². The lowest BCUT2D eigenvalue weighted by Gasteiger charge is -2.08. The Kier molecular flexibility index (Phi) is 5.49. The maximum atomic E-state index is 11.7. The molecule has 0 aliphatic rings. The first-order chi connectivity index (χ1) is 10.6. The molecule has 0 spiro atoms. The molecule has 0 saturated carbocycles. The highest BCUT2D eigenvalue weighted by atomic mass is 35.5. The molecule has 0 heterocycles. The van der Waals surface area contributed by atoms with E-state index in [0.29, 0.717) is 5.69 Å². The minimum atomic E-state index is -0.389. The summed E-state index contributed by atoms with van der Waals surface area (Å²) in [6.07, 6.45) is 0. The fraction of sp³-hybridized carbons (Fsp3) is 0.188. The molecular weight excluding hydrogens is 306 g/mol. The van der Waals surface area contributed by atoms with Crippen LogP contribution in [-0.4, -0.2) is 24.7 Å². The van der Waals surface area contributed by atoms with Crippen LogP contribution in [0.2, 0.25) is 5.02 Å². The summed E-state index contributed by atoms with van der Waals surface area (Å²) in [5.74, 6) is 0.357. The number of esters is 1. The Morgan fingerprint density at radius 1 is 1.23 bits per heavy atom. The summed E-state index contributed by atoms with van der Waals surface area (Å²) < 4.78 is 10.2. The summed E-state index contributed by atoms with van der Waals surface area (Å²) in [6.45, 7) is 0.206. The first-order valence-electron chi connectivity index (χ1n) is 6.59. The number of halogens is 1. The highest BCUT2D eigenvalue weighted by Crippen LogP contribution is 2.25. The summed E-state index contributed by atoms with van der Waals surface area (Å²) in [5, 5.41) is 12.4. The molecule has 0 aliphatic heterocycles. The van der Waals surface area contributed by atoms with Crippen LogP contribution in [-0.2, 0) is 16.1 Å². The van der Waals surface area contributed by atoms with E-state index in [-0.39, 0.29) is 29.9 Å². The number of benzene rings is 2. The Morgan fingerprint density at radius 3 is 2.59 bits per heavy atom. The van der Waals surface area contributed by atoms with E-state index in [1.54, 1.807) is 25.3 Å². The zero-order valence-electron chi connectivity index (χ0n) is 12.0. The van der Waals surface area contributed by atoms with Crippen LogP contribution in [0.4, 0.5) is 5.69 Å². The second kappa shape index (κ2) is 7.56. The SMILES string of the molecule is COc1ccc(COC(=O)CNc2ccc(O)c(Cl)c2)cc1. The Hall–Kier alpha value is -2.40. The number of phenolic OH excluding ortho intramolecular Hbond substituents is 1. The zero-order chi connectivity index (χ0) is 15.9. The van der Waals surface area contributed by atoms with Crippen molar-refractivity contribution in [2.75, 3.05) is 19.0 Å². The molecule has 22 heavy (non-hydrogen) atoms. The number of carbonyl (C=O) groups excluding carboxylic acids is 1. The number of anilines is 1. The molecule has 0 amide bonds. The number of phenols is 1. The van der Waals surface area contributed by atoms with E-state index in [9.17, 15) is 9.90 Å². The van der Waals surface area contributed by atoms with Crippen molar-refractivity contribution in [1.82, 2.24) is 0 Å². The maximum Gasteiger partial charge on any atom is 0.325 e. The Balaban J connectivity index is 1.78. The third kappa shape index (κ3) is 4.56. The van der Waals surface area contributed by atoms with Gasteiger partial charge in [-0.05, 0) is 35.9 Å². The van der Waals surface area contributed by atoms with Crippen LogP contribution in [0, 0.1) is 0 Å². The van der Waals surface area contributed by atoms with Gasteiger partial charge in [0.15, 0.2) is 0 Å². The monoisotopic (exact) mass is 321 g/mol. The number of ether oxygens (including phenoxy) is 2. The molecule has 0 saturated heterocycles. The van der Waals surface area contributed by atoms with E-state index in [4.69, 9.17) is 21.1 Å². The molecule has 0 unspecified atom stereocenters. The molecule has 0 radical (unpaired) electrons. The molecule has 2 aromatic carbocycles. The van der Waals surface area contributed by atoms with E-state index in [1.165, 1.54) is 12.1 Å². The van der Waals surface area contributed by atoms with Crippen LogP contribution < -0.4 is 10.1 Å². The molecule has 0 fully saturated rings. The first kappa shape index (κ1) is 16.0. The average Bonchev–Trinajstić information content (AvgIpc) is 2.54. The fourth-order valence-electron chi connectivity index (χ4n) is 1.73. The van der Waals surface area contributed by atoms with E-state index in [1.807, 2.05) is 12.1 Å². The second-order valence-electron chi connectivity index (χ2n) is 4.53. The minimum Gasteiger partial charge on any atom is -0.506 e. The van der Waals surface area contributed by atoms with Crippen molar-refractivity contribution in [2.24, 2.45) is 0 Å². The van der Waals surface area contributed by atoms with Crippen LogP contribution in [0.15, 0.2) is 42.5 Å². The van der Waals surface area contributed by atoms with Gasteiger partial charge >= 0.3 is 5.97 Å². The summed E-state index contributed by atoms with van der Waals surface area (Å²) in [5.41, 5.74) is 1.51. The maximum absolute atomic E-state index is 11.7. The lowest BCUT2D eigenvalue weighted by atomic mass is 10.2. The van der Waals surface area contributed by atoms with Gasteiger partial charge in [-0.25, -0.2) is 0 Å². The number of hydrogen-bond acceptors (Lipinski definition) is 5. The van der Waals surface area contributed by atoms with E-state index >= 15 is 0 Å². The van der Waals surface area contributed by atoms with Gasteiger partial charge in [-0.2, -0.15) is 0 Å². The number of methoxy groups -OCH3 is 1. The second-order valence-corrected chi connectivity index (χ2v) is 4.94. The molecule has 116 valence electrons. The molecule has 0 aliphatic carbocycles. The van der Waals surface area contributed by atoms with Gasteiger partial charge in [0.1, 0.15) is 24.7 Å². The van der Waals surface area contributed by atoms with Gasteiger partial charge in [-0.15, -0.1) is 0 Å². The molecule has 6 heteroatoms. The quantitative estimate of drug-likeness (QED) is 0.631. The Morgan fingerprint density at radius 2 is 1.95 bits per heavy atom. The minimum absolute atomic E-state index is 0.00528. The smallest absolute Gasteiger partial charge is 0.325 e. The lowest BCUT2D eigenvalue weighted by Crippen LogP contribution is -2.16. The zero-order valence-corrected chi connectivity index (χ0v) is 12.8. The number of carbonyl (C=O) groups is 1. The highest BCUT2D eigenvalue weighted by Gasteiger charge is 2.05. The molecule has 0 aromatic heterocycles. The summed E-state index contributed by atoms with van der Waals surface area (Å²) in [6, 6.07) is 11.9. The van der Waals surface area contributed by atoms with Crippen molar-refractivity contribution in [2.45, 2.75) is 6.61 Å². The van der Waals surface area contributed by atoms with Crippen LogP contribution >= 0.6 is 11.6 Å². The van der Waals surface area contributed by atoms with Crippen LogP contribution in [0.5, 0.6) is 11.5 Å². The average molecular weight is 322 g/mol. The number of hydrogen-bond donors (Lipinski definition) is 2. The Bertz CT molecular complexity index is 643. The van der Waals surface area contributed by atoms with Crippen molar-refractivity contribution in [3.63, 3.8) is 0 Å². The van der Waals surface area contributed by atoms with Crippen molar-refractivity contribution < 1.29 is 19.4 Å². The van der Waals surface area contributed by atoms with Gasteiger partial charge in [0.25, 0.3) is 0 Å². The summed E-state index contributed by atoms with van der Waals surface area (Å²) in [4.78, 5) is 11.7. The van der Waals surface area contributed by atoms with Crippen molar-refractivity contribution in [3.8, 4) is 11.5 Å². The van der Waals surface area contributed by atoms with Crippen LogP contribution in [0.3, 0.4) is 0 Å². The van der Waals surface area contributed by atoms with Crippen molar-refractivity contribution in [1.29, 1.82) is 0 Å². The topological polar surface area (TPSA) is 67.8 Å². The van der Waals surface area contributed by atoms with Crippen LogP contribution in [0.1, 0.15) is 5.56 Å². The van der Waals surface area contributed by atoms with Gasteiger partial charge < -0.3 is 19.9 Å². The molecule has 5 nitrogen and oxygen atoms in total. The molecule has 0 bridgehead atoms. The summed E-state index contributed by atoms with van der Waals surface area (Å²) in [7, 11) is 1.59. The third-order valence-corrected chi connectivity index (χ3v) is 3.25. The molecule has 0 atom stereocenters. The number of nitrogens with one attached hydrogen (secondary N) is 1. The van der Waals surface area contributed by atoms with Gasteiger partial charge in [0, 0.05) is 5.69 Å². The summed E-state index contributed by atoms with van der Waals surface area (Å²) >= 11 is 5.78. The lowest BCUT2D eigenvalue weighted by molar-refractivity contribution is -0.142. The molecule has 2 N–H and O–H groups in total. The van der Waals surface area contributed by atoms with E-state index < -0.39 is 0 Å². The first-order valence-corrected chi connectivity index (χ1v) is 6.97. The predicted molar refractivity (Wildman–Crippen MR) is 84.4 cm³/mol. The Labute approximate surface area is 133 Å². The van der Waals surface area contributed by atoms with E-state index in [2.05, 4.69) is 5.32 Å². The third-order valence-electron chi connectivity index (χ3n) is 2.94. The highest BCUT2D eigenvalue weighted by molar-refractivity contribution is 6.32. The van der Waals surface area contributed by atoms with Crippen LogP contribution in [0.25, 0.3) is 0 Å². The standard InChI is InChI=1S/C16H16ClNO4/c1-21-13-5-2-11(3-6-13)10-22-16(20)9-18-12-4-7-15(19)14(17)8-12/h2-8,18-19H,9-10H2,1H3. The molecule has 2 aromatic rings. The molecular formula is C16H16ClNO4. The van der Waals surface area contributed by atoms with Crippen molar-refractivity contribution >= 4 is 23.3 Å². The fourth-order valence-corrected chi connectivity index (χ4v) is 1.91. The van der Waals surface area contributed by atoms with Crippen molar-refractivity contribution in [3.05, 3.63) is 53.1 Å². The van der Waals surface area contributed by atoms with Gasteiger partial charge in [-0.3, -0.25) is 4.79 Å². The number of rotatable bonds is 6. The molecule has 2 rings (SSSR count). The van der Waals surface area contributed by atoms with Gasteiger partial charge in [0.05, 0.1) is 12.1 Å². The largest absolute Gasteiger partial charge is 0.506 e. The van der Waals surface area contributed by atoms with Gasteiger partial charge in [-0.1, -0.05) is 23.7 Å². The number of aromatic hydroxyl groups is 1. The normalized spacial score (nSPS) is 10.1.